The minimum atomic E-state index is -0.399. The molecule has 0 bridgehead atoms. The van der Waals surface area contributed by atoms with Gasteiger partial charge in [0.1, 0.15) is 5.75 Å². The maximum absolute atomic E-state index is 11.0. The Kier molecular flexibility index (Phi) is 4.27. The highest BCUT2D eigenvalue weighted by Crippen LogP contribution is 2.31. The van der Waals surface area contributed by atoms with Crippen LogP contribution in [0.4, 0.5) is 22.7 Å². The number of benzene rings is 2. The number of nitrogens with one attached hydrogen (secondary N) is 1. The molecule has 0 aliphatic rings. The molecule has 0 aromatic heterocycles. The van der Waals surface area contributed by atoms with E-state index in [1.807, 2.05) is 42.3 Å². The van der Waals surface area contributed by atoms with Gasteiger partial charge in [-0.15, -0.1) is 0 Å². The highest BCUT2D eigenvalue weighted by atomic mass is 16.6. The fraction of sp³-hybridized carbons (Fsp3) is 0.200. The number of nitro groups is 1. The van der Waals surface area contributed by atoms with Gasteiger partial charge < -0.3 is 15.0 Å². The van der Waals surface area contributed by atoms with Gasteiger partial charge in [0.2, 0.25) is 0 Å². The molecule has 0 aliphatic heterocycles. The molecule has 21 heavy (non-hydrogen) atoms. The fourth-order valence-electron chi connectivity index (χ4n) is 2.01. The summed E-state index contributed by atoms with van der Waals surface area (Å²) in [5, 5.41) is 14.0. The van der Waals surface area contributed by atoms with Crippen molar-refractivity contribution in [1.82, 2.24) is 0 Å². The molecule has 6 nitrogen and oxygen atoms in total. The second-order valence-corrected chi connectivity index (χ2v) is 4.51. The average Bonchev–Trinajstić information content (AvgIpc) is 2.53. The predicted molar refractivity (Wildman–Crippen MR) is 83.7 cm³/mol. The Bertz CT molecular complexity index is 658. The van der Waals surface area contributed by atoms with E-state index in [2.05, 4.69) is 5.32 Å². The summed E-state index contributed by atoms with van der Waals surface area (Å²) in [6.07, 6.45) is 0. The van der Waals surface area contributed by atoms with E-state index in [4.69, 9.17) is 4.74 Å². The van der Waals surface area contributed by atoms with E-state index in [0.717, 1.165) is 17.1 Å². The molecule has 0 saturated heterocycles. The lowest BCUT2D eigenvalue weighted by Gasteiger charge is -2.20. The largest absolute Gasteiger partial charge is 0.497 e. The van der Waals surface area contributed by atoms with Crippen LogP contribution in [0, 0.1) is 10.1 Å². The van der Waals surface area contributed by atoms with Gasteiger partial charge in [-0.1, -0.05) is 6.07 Å². The van der Waals surface area contributed by atoms with Crippen molar-refractivity contribution in [2.24, 2.45) is 0 Å². The quantitative estimate of drug-likeness (QED) is 0.674. The zero-order valence-corrected chi connectivity index (χ0v) is 12.2. The highest BCUT2D eigenvalue weighted by Gasteiger charge is 2.13. The maximum Gasteiger partial charge on any atom is 0.273 e. The summed E-state index contributed by atoms with van der Waals surface area (Å²) < 4.78 is 5.20. The lowest BCUT2D eigenvalue weighted by atomic mass is 10.2. The number of hydrogen-bond donors (Lipinski definition) is 1. The van der Waals surface area contributed by atoms with E-state index in [9.17, 15) is 10.1 Å². The molecule has 0 radical (unpaired) electrons. The van der Waals surface area contributed by atoms with Crippen LogP contribution in [0.5, 0.6) is 5.75 Å². The van der Waals surface area contributed by atoms with Crippen LogP contribution in [0.25, 0.3) is 0 Å². The molecule has 2 rings (SSSR count). The van der Waals surface area contributed by atoms with Gasteiger partial charge >= 0.3 is 0 Å². The minimum absolute atomic E-state index is 0.0478. The van der Waals surface area contributed by atoms with Crippen molar-refractivity contribution in [3.63, 3.8) is 0 Å². The van der Waals surface area contributed by atoms with E-state index in [-0.39, 0.29) is 5.69 Å². The number of rotatable bonds is 5. The van der Waals surface area contributed by atoms with Crippen molar-refractivity contribution in [3.8, 4) is 5.75 Å². The molecule has 0 spiro atoms. The van der Waals surface area contributed by atoms with Crippen molar-refractivity contribution >= 4 is 22.7 Å². The number of non-ortho nitro benzene ring substituents is 1. The van der Waals surface area contributed by atoms with E-state index in [1.54, 1.807) is 20.2 Å². The van der Waals surface area contributed by atoms with E-state index in [1.165, 1.54) is 6.07 Å². The Morgan fingerprint density at radius 3 is 2.57 bits per heavy atom. The van der Waals surface area contributed by atoms with E-state index in [0.29, 0.717) is 5.69 Å². The van der Waals surface area contributed by atoms with Gasteiger partial charge in [-0.05, 0) is 18.2 Å². The standard InChI is InChI=1S/C15H17N3O3/c1-16-11-7-13(9-14(8-11)18(19)20)17(2)12-5-4-6-15(10-12)21-3/h4-10,16H,1-3H3. The van der Waals surface area contributed by atoms with Gasteiger partial charge in [-0.25, -0.2) is 0 Å². The SMILES string of the molecule is CNc1cc(N(C)c2cccc(OC)c2)cc([N+](=O)[O-])c1. The summed E-state index contributed by atoms with van der Waals surface area (Å²) >= 11 is 0. The molecular weight excluding hydrogens is 270 g/mol. The molecule has 0 atom stereocenters. The summed E-state index contributed by atoms with van der Waals surface area (Å²) in [5.41, 5.74) is 2.35. The number of nitrogens with zero attached hydrogens (tertiary/aromatic N) is 2. The Balaban J connectivity index is 2.44. The van der Waals surface area contributed by atoms with Crippen LogP contribution < -0.4 is 15.0 Å². The first-order valence-electron chi connectivity index (χ1n) is 6.40. The second kappa shape index (κ2) is 6.13. The van der Waals surface area contributed by atoms with Crippen molar-refractivity contribution in [3.05, 3.63) is 52.6 Å². The first-order chi connectivity index (χ1) is 10.0. The summed E-state index contributed by atoms with van der Waals surface area (Å²) in [6, 6.07) is 12.4. The maximum atomic E-state index is 11.0. The summed E-state index contributed by atoms with van der Waals surface area (Å²) in [5.74, 6) is 0.735. The lowest BCUT2D eigenvalue weighted by molar-refractivity contribution is -0.384. The number of anilines is 3. The Morgan fingerprint density at radius 1 is 1.19 bits per heavy atom. The molecule has 1 N–H and O–H groups in total. The number of methoxy groups -OCH3 is 1. The monoisotopic (exact) mass is 287 g/mol. The van der Waals surface area contributed by atoms with E-state index < -0.39 is 4.92 Å². The number of ether oxygens (including phenoxy) is 1. The molecule has 0 saturated carbocycles. The zero-order valence-electron chi connectivity index (χ0n) is 12.2. The minimum Gasteiger partial charge on any atom is -0.497 e. The van der Waals surface area contributed by atoms with Crippen molar-refractivity contribution in [1.29, 1.82) is 0 Å². The number of nitro benzene ring substituents is 1. The number of hydrogen-bond acceptors (Lipinski definition) is 5. The van der Waals surface area contributed by atoms with Crippen molar-refractivity contribution in [2.45, 2.75) is 0 Å². The molecule has 0 unspecified atom stereocenters. The molecule has 0 heterocycles. The van der Waals surface area contributed by atoms with Crippen LogP contribution >= 0.6 is 0 Å². The Hall–Kier alpha value is -2.76. The van der Waals surface area contributed by atoms with Crippen LogP contribution in [0.3, 0.4) is 0 Å². The van der Waals surface area contributed by atoms with Crippen LogP contribution in [-0.4, -0.2) is 26.1 Å². The lowest BCUT2D eigenvalue weighted by Crippen LogP contribution is -2.10. The van der Waals surface area contributed by atoms with Crippen molar-refractivity contribution < 1.29 is 9.66 Å². The second-order valence-electron chi connectivity index (χ2n) is 4.51. The van der Waals surface area contributed by atoms with Gasteiger partial charge in [0, 0.05) is 49.4 Å². The van der Waals surface area contributed by atoms with E-state index >= 15 is 0 Å². The Morgan fingerprint density at radius 2 is 1.95 bits per heavy atom. The van der Waals surface area contributed by atoms with Gasteiger partial charge in [0.15, 0.2) is 0 Å². The van der Waals surface area contributed by atoms with Gasteiger partial charge in [0.25, 0.3) is 5.69 Å². The molecule has 2 aromatic rings. The summed E-state index contributed by atoms with van der Waals surface area (Å²) in [7, 11) is 5.19. The predicted octanol–water partition coefficient (Wildman–Crippen LogP) is 3.41. The molecule has 2 aromatic carbocycles. The smallest absolute Gasteiger partial charge is 0.273 e. The highest BCUT2D eigenvalue weighted by molar-refractivity contribution is 5.71. The summed E-state index contributed by atoms with van der Waals surface area (Å²) in [4.78, 5) is 12.5. The molecule has 110 valence electrons. The van der Waals surface area contributed by atoms with Gasteiger partial charge in [-0.2, -0.15) is 0 Å². The average molecular weight is 287 g/mol. The molecular formula is C15H17N3O3. The topological polar surface area (TPSA) is 67.6 Å². The third kappa shape index (κ3) is 3.22. The zero-order chi connectivity index (χ0) is 15.4. The molecule has 0 aliphatic carbocycles. The first kappa shape index (κ1) is 14.6. The third-order valence-corrected chi connectivity index (χ3v) is 3.23. The molecule has 0 fully saturated rings. The third-order valence-electron chi connectivity index (χ3n) is 3.23. The van der Waals surface area contributed by atoms with Gasteiger partial charge in [0.05, 0.1) is 12.0 Å². The fourth-order valence-corrected chi connectivity index (χ4v) is 2.01. The molecule has 0 amide bonds. The van der Waals surface area contributed by atoms with Crippen molar-refractivity contribution in [2.75, 3.05) is 31.4 Å². The van der Waals surface area contributed by atoms with Crippen LogP contribution in [-0.2, 0) is 0 Å². The van der Waals surface area contributed by atoms with Crippen LogP contribution in [0.1, 0.15) is 0 Å². The normalized spacial score (nSPS) is 10.0. The van der Waals surface area contributed by atoms with Crippen LogP contribution in [0.2, 0.25) is 0 Å². The Labute approximate surface area is 123 Å². The molecule has 6 heteroatoms. The van der Waals surface area contributed by atoms with Crippen LogP contribution in [0.15, 0.2) is 42.5 Å². The van der Waals surface area contributed by atoms with Gasteiger partial charge in [-0.3, -0.25) is 10.1 Å². The summed E-state index contributed by atoms with van der Waals surface area (Å²) in [6.45, 7) is 0. The first-order valence-corrected chi connectivity index (χ1v) is 6.40.